The fourth-order valence-corrected chi connectivity index (χ4v) is 12.9. The van der Waals surface area contributed by atoms with E-state index in [-0.39, 0.29) is 0 Å². The molecule has 0 bridgehead atoms. The Bertz CT molecular complexity index is 4460. The molecule has 1 heterocycles. The number of rotatable bonds is 10. The van der Waals surface area contributed by atoms with Gasteiger partial charge in [0, 0.05) is 33.4 Å². The van der Waals surface area contributed by atoms with E-state index in [4.69, 9.17) is 0 Å². The maximum Gasteiger partial charge on any atom is 0.0713 e. The summed E-state index contributed by atoms with van der Waals surface area (Å²) in [7, 11) is 0. The van der Waals surface area contributed by atoms with Crippen LogP contribution >= 0.6 is 0 Å². The van der Waals surface area contributed by atoms with Gasteiger partial charge in [0.1, 0.15) is 0 Å². The maximum absolute atomic E-state index is 2.41. The molecule has 0 amide bonds. The molecule has 0 N–H and O–H groups in total. The highest BCUT2D eigenvalue weighted by molar-refractivity contribution is 6.10. The van der Waals surface area contributed by atoms with Crippen LogP contribution in [0.15, 0.2) is 315 Å². The van der Waals surface area contributed by atoms with Gasteiger partial charge >= 0.3 is 0 Å². The number of anilines is 3. The van der Waals surface area contributed by atoms with Crippen molar-refractivity contribution < 1.29 is 0 Å². The van der Waals surface area contributed by atoms with Crippen molar-refractivity contribution in [1.82, 2.24) is 4.57 Å². The summed E-state index contributed by atoms with van der Waals surface area (Å²) >= 11 is 0. The van der Waals surface area contributed by atoms with Gasteiger partial charge in [-0.15, -0.1) is 0 Å². The Labute approximate surface area is 461 Å². The van der Waals surface area contributed by atoms with Crippen LogP contribution in [0.5, 0.6) is 0 Å². The van der Waals surface area contributed by atoms with Crippen molar-refractivity contribution in [1.29, 1.82) is 0 Å². The van der Waals surface area contributed by atoms with Crippen LogP contribution in [-0.4, -0.2) is 4.57 Å². The molecule has 370 valence electrons. The third kappa shape index (κ3) is 7.64. The molecule has 1 aromatic heterocycles. The second kappa shape index (κ2) is 19.1. The first-order chi connectivity index (χ1) is 39.2. The molecule has 0 saturated carbocycles. The summed E-state index contributed by atoms with van der Waals surface area (Å²) in [4.78, 5) is 2.38. The fraction of sp³-hybridized carbons (Fsp3) is 0.0130. The predicted molar refractivity (Wildman–Crippen MR) is 332 cm³/mol. The highest BCUT2D eigenvalue weighted by atomic mass is 15.1. The van der Waals surface area contributed by atoms with Gasteiger partial charge in [0.2, 0.25) is 0 Å². The monoisotopic (exact) mass is 1000 g/mol. The van der Waals surface area contributed by atoms with Crippen molar-refractivity contribution in [3.05, 3.63) is 338 Å². The summed E-state index contributed by atoms with van der Waals surface area (Å²) in [6.07, 6.45) is 0. The minimum Gasteiger partial charge on any atom is -0.311 e. The Morgan fingerprint density at radius 2 is 0.684 bits per heavy atom. The zero-order valence-corrected chi connectivity index (χ0v) is 43.4. The quantitative estimate of drug-likeness (QED) is 0.133. The first-order valence-electron chi connectivity index (χ1n) is 27.3. The van der Waals surface area contributed by atoms with Gasteiger partial charge in [-0.3, -0.25) is 0 Å². The van der Waals surface area contributed by atoms with Gasteiger partial charge in [0.15, 0.2) is 0 Å². The molecule has 79 heavy (non-hydrogen) atoms. The lowest BCUT2D eigenvalue weighted by Gasteiger charge is -2.34. The Morgan fingerprint density at radius 1 is 0.266 bits per heavy atom. The van der Waals surface area contributed by atoms with Crippen molar-refractivity contribution in [2.45, 2.75) is 5.41 Å². The predicted octanol–water partition coefficient (Wildman–Crippen LogP) is 20.4. The highest BCUT2D eigenvalue weighted by Crippen LogP contribution is 2.58. The molecule has 14 aromatic rings. The lowest BCUT2D eigenvalue weighted by molar-refractivity contribution is 0.768. The number of para-hydroxylation sites is 3. The SMILES string of the molecule is c1ccc(C2(c3ccccc3)c3ccccc3-c3c(-c4ccc(N(c5ccc(-c6ccc(-c7ccccc7-n7c8ccccc8c8ccccc87)cc6)cc5)c5ccc(-c6ccc7ccccc7c6)cc5)cc4)cccc32)cc1. The smallest absolute Gasteiger partial charge is 0.0713 e. The lowest BCUT2D eigenvalue weighted by atomic mass is 9.67. The van der Waals surface area contributed by atoms with Crippen LogP contribution in [0.25, 0.3) is 93.9 Å². The molecule has 15 rings (SSSR count). The van der Waals surface area contributed by atoms with Gasteiger partial charge < -0.3 is 9.47 Å². The first kappa shape index (κ1) is 46.1. The molecule has 1 aliphatic carbocycles. The van der Waals surface area contributed by atoms with E-state index in [0.29, 0.717) is 0 Å². The number of aromatic nitrogens is 1. The van der Waals surface area contributed by atoms with E-state index in [1.807, 2.05) is 0 Å². The molecule has 0 fully saturated rings. The number of fused-ring (bicyclic) bond motifs is 7. The molecule has 1 aliphatic rings. The molecule has 0 aliphatic heterocycles. The van der Waals surface area contributed by atoms with E-state index in [1.165, 1.54) is 111 Å². The highest BCUT2D eigenvalue weighted by Gasteiger charge is 2.46. The van der Waals surface area contributed by atoms with Crippen LogP contribution in [0.2, 0.25) is 0 Å². The van der Waals surface area contributed by atoms with Crippen LogP contribution in [0.1, 0.15) is 22.3 Å². The van der Waals surface area contributed by atoms with Crippen LogP contribution in [-0.2, 0) is 5.41 Å². The molecular formula is C77H52N2. The van der Waals surface area contributed by atoms with E-state index in [2.05, 4.69) is 325 Å². The summed E-state index contributed by atoms with van der Waals surface area (Å²) in [5.41, 5.74) is 23.6. The second-order valence-electron chi connectivity index (χ2n) is 20.8. The summed E-state index contributed by atoms with van der Waals surface area (Å²) in [6, 6.07) is 116. The zero-order chi connectivity index (χ0) is 52.3. The first-order valence-corrected chi connectivity index (χ1v) is 27.3. The second-order valence-corrected chi connectivity index (χ2v) is 20.8. The molecule has 0 unspecified atom stereocenters. The van der Waals surface area contributed by atoms with Crippen LogP contribution in [0, 0.1) is 0 Å². The molecular weight excluding hydrogens is 953 g/mol. The van der Waals surface area contributed by atoms with Gasteiger partial charge in [-0.25, -0.2) is 0 Å². The molecule has 0 spiro atoms. The molecule has 0 saturated heterocycles. The van der Waals surface area contributed by atoms with Gasteiger partial charge in [-0.05, 0) is 144 Å². The van der Waals surface area contributed by atoms with Gasteiger partial charge in [-0.1, -0.05) is 255 Å². The molecule has 2 heteroatoms. The molecule has 13 aromatic carbocycles. The third-order valence-corrected chi connectivity index (χ3v) is 16.5. The third-order valence-electron chi connectivity index (χ3n) is 16.5. The van der Waals surface area contributed by atoms with E-state index in [1.54, 1.807) is 0 Å². The van der Waals surface area contributed by atoms with Crippen molar-refractivity contribution in [3.8, 4) is 61.3 Å². The van der Waals surface area contributed by atoms with Crippen molar-refractivity contribution in [2.24, 2.45) is 0 Å². The van der Waals surface area contributed by atoms with Crippen molar-refractivity contribution in [3.63, 3.8) is 0 Å². The topological polar surface area (TPSA) is 8.17 Å². The molecule has 0 atom stereocenters. The maximum atomic E-state index is 2.41. The Balaban J connectivity index is 0.797. The number of hydrogen-bond donors (Lipinski definition) is 0. The van der Waals surface area contributed by atoms with Crippen LogP contribution in [0.4, 0.5) is 17.1 Å². The van der Waals surface area contributed by atoms with Gasteiger partial charge in [0.05, 0.1) is 22.1 Å². The number of benzene rings is 13. The Kier molecular flexibility index (Phi) is 11.1. The van der Waals surface area contributed by atoms with Crippen molar-refractivity contribution in [2.75, 3.05) is 4.90 Å². The minimum atomic E-state index is -0.464. The minimum absolute atomic E-state index is 0.464. The van der Waals surface area contributed by atoms with Gasteiger partial charge in [0.25, 0.3) is 0 Å². The zero-order valence-electron chi connectivity index (χ0n) is 43.4. The van der Waals surface area contributed by atoms with E-state index in [9.17, 15) is 0 Å². The van der Waals surface area contributed by atoms with E-state index >= 15 is 0 Å². The lowest BCUT2D eigenvalue weighted by Crippen LogP contribution is -2.28. The summed E-state index contributed by atoms with van der Waals surface area (Å²) in [5, 5.41) is 5.00. The van der Waals surface area contributed by atoms with Crippen LogP contribution < -0.4 is 4.90 Å². The van der Waals surface area contributed by atoms with Crippen molar-refractivity contribution >= 4 is 49.6 Å². The standard InChI is InChI=1S/C77H52N2/c1-3-20-61(21-4-1)77(62-22-5-2-6-23-62)71-29-13-9-27-70(71)76-67(28-17-30-72(76)77)58-44-50-65(51-45-58)78(64-48-42-56(43-49-64)60-39-36-53-18-7-8-19-59(53)52-60)63-46-40-55(41-47-63)54-34-37-57(38-35-54)66-24-10-14-31-73(66)79-74-32-15-11-25-68(74)69-26-12-16-33-75(69)79/h1-52H. The average molecular weight is 1010 g/mol. The summed E-state index contributed by atoms with van der Waals surface area (Å²) in [6.45, 7) is 0. The Hall–Kier alpha value is -10.3. The molecule has 0 radical (unpaired) electrons. The van der Waals surface area contributed by atoms with Gasteiger partial charge in [-0.2, -0.15) is 0 Å². The average Bonchev–Trinajstić information content (AvgIpc) is 4.23. The Morgan fingerprint density at radius 3 is 1.30 bits per heavy atom. The van der Waals surface area contributed by atoms with E-state index < -0.39 is 5.41 Å². The number of hydrogen-bond acceptors (Lipinski definition) is 1. The fourth-order valence-electron chi connectivity index (χ4n) is 12.9. The van der Waals surface area contributed by atoms with Crippen LogP contribution in [0.3, 0.4) is 0 Å². The summed E-state index contributed by atoms with van der Waals surface area (Å²) in [5.74, 6) is 0. The largest absolute Gasteiger partial charge is 0.311 e. The normalized spacial score (nSPS) is 12.4. The summed E-state index contributed by atoms with van der Waals surface area (Å²) < 4.78 is 2.41. The number of nitrogens with zero attached hydrogens (tertiary/aromatic N) is 2. The van der Waals surface area contributed by atoms with E-state index in [0.717, 1.165) is 22.6 Å². The molecule has 2 nitrogen and oxygen atoms in total.